The zero-order valence-corrected chi connectivity index (χ0v) is 104. The molecule has 15 nitrogen and oxygen atoms in total. The van der Waals surface area contributed by atoms with Crippen molar-refractivity contribution in [2.24, 2.45) is 82.3 Å². The van der Waals surface area contributed by atoms with Crippen molar-refractivity contribution in [2.75, 3.05) is 288 Å². The lowest BCUT2D eigenvalue weighted by atomic mass is 9.58. The molecule has 4 aliphatic carbocycles. The minimum atomic E-state index is 0.811. The number of hydrogen-bond acceptors (Lipinski definition) is 15. The summed E-state index contributed by atoms with van der Waals surface area (Å²) in [5, 5.41) is 0. The lowest BCUT2D eigenvalue weighted by molar-refractivity contribution is 0.000965. The van der Waals surface area contributed by atoms with Crippen molar-refractivity contribution in [2.45, 2.75) is 358 Å². The van der Waals surface area contributed by atoms with E-state index in [-0.39, 0.29) is 0 Å². The Kier molecular flexibility index (Phi) is 70.1. The summed E-state index contributed by atoms with van der Waals surface area (Å²) in [6.45, 7) is 97.0. The molecular weight excluding hydrogens is 1820 g/mol. The normalized spacial score (nSPS) is 25.3. The first-order chi connectivity index (χ1) is 71.6. The molecule has 11 saturated heterocycles. The van der Waals surface area contributed by atoms with E-state index >= 15 is 0 Å². The topological polar surface area (TPSA) is 48.6 Å². The van der Waals surface area contributed by atoms with Gasteiger partial charge in [0.25, 0.3) is 0 Å². The minimum absolute atomic E-state index is 0.811. The maximum atomic E-state index is 2.66. The Hall–Kier alpha value is -4.04. The fourth-order valence-electron chi connectivity index (χ4n) is 24.3. The fourth-order valence-corrected chi connectivity index (χ4v) is 24.3. The maximum Gasteiger partial charge on any atom is 0.0367 e. The predicted octanol–water partition coefficient (Wildman–Crippen LogP) is 28.2. The van der Waals surface area contributed by atoms with Gasteiger partial charge in [0.15, 0.2) is 0 Å². The largest absolute Gasteiger partial charge is 0.369 e. The van der Waals surface area contributed by atoms with Gasteiger partial charge in [0, 0.05) is 149 Å². The van der Waals surface area contributed by atoms with Gasteiger partial charge >= 0.3 is 0 Å². The summed E-state index contributed by atoms with van der Waals surface area (Å²) in [6, 6.07) is 35.6. The van der Waals surface area contributed by atoms with Gasteiger partial charge in [-0.3, -0.25) is 4.90 Å². The number of benzene rings is 4. The van der Waals surface area contributed by atoms with Crippen LogP contribution in [0.4, 0.5) is 11.4 Å². The number of rotatable bonds is 18. The van der Waals surface area contributed by atoms with E-state index < -0.39 is 0 Å². The van der Waals surface area contributed by atoms with Crippen molar-refractivity contribution in [3.63, 3.8) is 0 Å². The molecule has 0 N–H and O–H groups in total. The highest BCUT2D eigenvalue weighted by atomic mass is 15.3. The summed E-state index contributed by atoms with van der Waals surface area (Å²) in [4.78, 5) is 37.4. The standard InChI is InChI=1S/C14H22N2.C13H20N2.C12H25N3.C12H18N2.C10H19N.C10H14.2C9H19N.C9H18.C8H17N.C8H16.2C7H15N.C6H12/c1-3-13-5-7-14(8-6-13)16-11-9-15(4-2)10-12-16;1-12-3-5-13(6-4-12)11-15-9-7-14(2)8-10-15;1-13-5-3-12(4-6-13)11-15-9-7-14(2)8-10-15;1-11-3-5-12(6-4-11)14-9-7-13(2)8-10-14;1-9-7-10(8-9)3-5-11(2)6-4-10;1-3-9-5-7-10(4-2)8-6-9;1-3-6-10-7-4-9(2)5-8-10;1-3-6-10-7-4-5-9(2)8-10;2*1-3-9-6-4-8(2)5-7-9;2*1-7-3-5-8(2)6-4-7;1-3-4-8-5-7(2)6-8;1-5-3-6(2)4-5/h5-8H,3-4,9-12H2,1-2H3;3-6H,7-11H2,1-2H3;12H,3-11H2,1-2H3;3-6H,7-10H2,1-2H3;9H,3-8H2,1-2H3;5-8H,3-4H2,1-2H3;2*9H,3-8H2,1-2H3;8-9H,3-7H2,1-2H3;8H,3-7H2,1-2H3;7-8H,3-6H2,1-2H3;2*7H,3-6H2,1-2H3;5-6H,3-4H2,1-2H3. The van der Waals surface area contributed by atoms with Crippen molar-refractivity contribution in [3.8, 4) is 0 Å². The van der Waals surface area contributed by atoms with E-state index in [0.717, 1.165) is 121 Å². The number of hydrogen-bond donors (Lipinski definition) is 0. The third-order valence-electron chi connectivity index (χ3n) is 36.3. The highest BCUT2D eigenvalue weighted by Gasteiger charge is 2.43. The SMILES string of the molecule is CC1CC(C)C1.CC1CC2(CCN(C)CC2)C1.CC1CCC(C)CC1.CC1CCN(C)CC1.CCC1CCC(C)CC1.CCCN1CC(C)C1.CCCN1CCC(C)CC1.CCCN1CCCC(C)C1.CCN1CCC(C)CC1.CCc1ccc(CC)cc1.CCc1ccc(N2CCN(CC)CC2)cc1.CN1CCC(CN2CCN(C)CC2)CC1.Cc1ccc(CN2CCN(C)CC2)cc1.Cc1ccc(N2CCN(C)CC2)cc1. The van der Waals surface area contributed by atoms with Gasteiger partial charge in [0.1, 0.15) is 0 Å². The first kappa shape index (κ1) is 134. The molecular formula is C134H249N15. The summed E-state index contributed by atoms with van der Waals surface area (Å²) in [6.07, 6.45) is 43.7. The summed E-state index contributed by atoms with van der Waals surface area (Å²) in [5.74, 6) is 13.1. The van der Waals surface area contributed by atoms with E-state index in [0.29, 0.717) is 0 Å². The molecule has 0 amide bonds. The molecule has 15 aliphatic rings. The second-order valence-electron chi connectivity index (χ2n) is 51.4. The number of likely N-dealkylation sites (N-methyl/N-ethyl adjacent to an activating group) is 4. The number of aryl methyl sites for hydroxylation is 5. The lowest BCUT2D eigenvalue weighted by Crippen LogP contribution is -2.47. The average molecular weight is 2070 g/mol. The molecule has 11 heterocycles. The van der Waals surface area contributed by atoms with Gasteiger partial charge in [-0.15, -0.1) is 0 Å². The van der Waals surface area contributed by atoms with Gasteiger partial charge in [0.2, 0.25) is 0 Å². The Labute approximate surface area is 927 Å². The molecule has 19 rings (SSSR count). The molecule has 0 bridgehead atoms. The van der Waals surface area contributed by atoms with Crippen molar-refractivity contribution >= 4 is 11.4 Å². The molecule has 1 atom stereocenters. The molecule has 1 unspecified atom stereocenters. The first-order valence-electron chi connectivity index (χ1n) is 63.6. The van der Waals surface area contributed by atoms with Crippen molar-refractivity contribution < 1.29 is 0 Å². The highest BCUT2D eigenvalue weighted by molar-refractivity contribution is 5.49. The Bertz CT molecular complexity index is 3600. The van der Waals surface area contributed by atoms with E-state index in [9.17, 15) is 0 Å². The molecule has 11 aliphatic heterocycles. The monoisotopic (exact) mass is 2070 g/mol. The molecule has 4 saturated carbocycles. The molecule has 4 aromatic carbocycles. The third kappa shape index (κ3) is 59.4. The first-order valence-corrected chi connectivity index (χ1v) is 63.6. The van der Waals surface area contributed by atoms with Gasteiger partial charge in [-0.2, -0.15) is 0 Å². The van der Waals surface area contributed by atoms with Crippen molar-refractivity contribution in [1.29, 1.82) is 0 Å². The maximum absolute atomic E-state index is 2.66. The molecule has 4 aromatic rings. The minimum Gasteiger partial charge on any atom is -0.369 e. The van der Waals surface area contributed by atoms with Crippen molar-refractivity contribution in [3.05, 3.63) is 130 Å². The second-order valence-corrected chi connectivity index (χ2v) is 51.4. The fraction of sp³-hybridized carbons (Fsp3) is 0.821. The Morgan fingerprint density at radius 1 is 0.242 bits per heavy atom. The Morgan fingerprint density at radius 2 is 0.557 bits per heavy atom. The van der Waals surface area contributed by atoms with E-state index in [1.54, 1.807) is 0 Å². The summed E-state index contributed by atoms with van der Waals surface area (Å²) >= 11 is 0. The zero-order chi connectivity index (χ0) is 109. The number of nitrogens with zero attached hydrogens (tertiary/aromatic N) is 15. The highest BCUT2D eigenvalue weighted by Crippen LogP contribution is 2.52. The zero-order valence-electron chi connectivity index (χ0n) is 104. The van der Waals surface area contributed by atoms with Crippen LogP contribution in [0.5, 0.6) is 0 Å². The van der Waals surface area contributed by atoms with E-state index in [2.05, 4.69) is 365 Å². The van der Waals surface area contributed by atoms with Crippen LogP contribution < -0.4 is 9.80 Å². The van der Waals surface area contributed by atoms with Crippen LogP contribution in [0.1, 0.15) is 352 Å². The summed E-state index contributed by atoms with van der Waals surface area (Å²) < 4.78 is 0. The molecule has 149 heavy (non-hydrogen) atoms. The number of anilines is 2. The van der Waals surface area contributed by atoms with Crippen LogP contribution in [-0.4, -0.2) is 342 Å². The van der Waals surface area contributed by atoms with Gasteiger partial charge in [-0.25, -0.2) is 0 Å². The van der Waals surface area contributed by atoms with Crippen LogP contribution in [0.3, 0.4) is 0 Å². The number of piperazine rings is 4. The third-order valence-corrected chi connectivity index (χ3v) is 36.3. The van der Waals surface area contributed by atoms with Crippen LogP contribution in [0.2, 0.25) is 0 Å². The van der Waals surface area contributed by atoms with Crippen molar-refractivity contribution in [1.82, 2.24) is 63.7 Å². The Morgan fingerprint density at radius 3 is 0.933 bits per heavy atom. The average Bonchev–Trinajstić information content (AvgIpc) is 0.781. The molecule has 0 aromatic heterocycles. The van der Waals surface area contributed by atoms with Gasteiger partial charge in [-0.1, -0.05) is 280 Å². The summed E-state index contributed by atoms with van der Waals surface area (Å²) in [5.41, 5.74) is 12.0. The van der Waals surface area contributed by atoms with Crippen LogP contribution >= 0.6 is 0 Å². The van der Waals surface area contributed by atoms with Crippen LogP contribution in [0.25, 0.3) is 0 Å². The molecule has 860 valence electrons. The number of piperidine rings is 6. The molecule has 1 spiro atoms. The molecule has 15 heteroatoms. The molecule has 15 fully saturated rings. The number of likely N-dealkylation sites (tertiary alicyclic amines) is 7. The van der Waals surface area contributed by atoms with E-state index in [1.807, 2.05) is 0 Å². The summed E-state index contributed by atoms with van der Waals surface area (Å²) in [7, 11) is 13.3. The Balaban J connectivity index is 0.000000247. The van der Waals surface area contributed by atoms with Crippen LogP contribution in [0.15, 0.2) is 97.1 Å². The van der Waals surface area contributed by atoms with Crippen LogP contribution in [0, 0.1) is 96.2 Å². The van der Waals surface area contributed by atoms with E-state index in [4.69, 9.17) is 0 Å². The van der Waals surface area contributed by atoms with Gasteiger partial charge in [0.05, 0.1) is 0 Å². The van der Waals surface area contributed by atoms with E-state index in [1.165, 1.54) is 447 Å². The second kappa shape index (κ2) is 78.2. The van der Waals surface area contributed by atoms with Crippen LogP contribution in [-0.2, 0) is 25.8 Å². The predicted molar refractivity (Wildman–Crippen MR) is 660 cm³/mol. The van der Waals surface area contributed by atoms with Gasteiger partial charge < -0.3 is 68.6 Å². The smallest absolute Gasteiger partial charge is 0.0367 e. The quantitative estimate of drug-likeness (QED) is 0.0950. The lowest BCUT2D eigenvalue weighted by Gasteiger charge is -2.51. The molecule has 0 radical (unpaired) electrons. The van der Waals surface area contributed by atoms with Gasteiger partial charge in [-0.05, 0) is 431 Å².